The summed E-state index contributed by atoms with van der Waals surface area (Å²) in [5, 5.41) is 0.182. The molecule has 3 nitrogen and oxygen atoms in total. The van der Waals surface area contributed by atoms with Gasteiger partial charge in [0, 0.05) is 13.0 Å². The SMILES string of the molecule is C#CC[C@@H](COC1CCCCO1)O[Si](C)(C)C(C)(C)C. The molecule has 0 saturated carbocycles. The van der Waals surface area contributed by atoms with Crippen LogP contribution < -0.4 is 0 Å². The second kappa shape index (κ2) is 7.60. The van der Waals surface area contributed by atoms with Crippen LogP contribution in [0.25, 0.3) is 0 Å². The van der Waals surface area contributed by atoms with E-state index in [9.17, 15) is 0 Å². The molecule has 0 amide bonds. The molecule has 1 fully saturated rings. The molecule has 2 atom stereocenters. The van der Waals surface area contributed by atoms with E-state index in [0.717, 1.165) is 19.4 Å². The summed E-state index contributed by atoms with van der Waals surface area (Å²) in [6, 6.07) is 0. The minimum absolute atomic E-state index is 0.0218. The van der Waals surface area contributed by atoms with Gasteiger partial charge in [0.1, 0.15) is 0 Å². The topological polar surface area (TPSA) is 27.7 Å². The fourth-order valence-corrected chi connectivity index (χ4v) is 3.26. The quantitative estimate of drug-likeness (QED) is 0.549. The summed E-state index contributed by atoms with van der Waals surface area (Å²) in [7, 11) is -1.81. The highest BCUT2D eigenvalue weighted by atomic mass is 28.4. The lowest BCUT2D eigenvalue weighted by Gasteiger charge is -2.39. The number of ether oxygens (including phenoxy) is 2. The molecule has 1 heterocycles. The van der Waals surface area contributed by atoms with Crippen LogP contribution in [0.5, 0.6) is 0 Å². The van der Waals surface area contributed by atoms with E-state index in [1.54, 1.807) is 0 Å². The van der Waals surface area contributed by atoms with Crippen molar-refractivity contribution in [3.05, 3.63) is 0 Å². The monoisotopic (exact) mass is 298 g/mol. The van der Waals surface area contributed by atoms with Crippen LogP contribution in [0.2, 0.25) is 18.1 Å². The van der Waals surface area contributed by atoms with Crippen LogP contribution in [0.1, 0.15) is 46.5 Å². The molecule has 0 spiro atoms. The largest absolute Gasteiger partial charge is 0.411 e. The molecule has 0 aromatic carbocycles. The van der Waals surface area contributed by atoms with Crippen molar-refractivity contribution in [1.29, 1.82) is 0 Å². The maximum absolute atomic E-state index is 6.35. The Morgan fingerprint density at radius 1 is 1.35 bits per heavy atom. The molecule has 1 aliphatic rings. The second-order valence-corrected chi connectivity index (χ2v) is 11.8. The highest BCUT2D eigenvalue weighted by Crippen LogP contribution is 2.37. The van der Waals surface area contributed by atoms with Crippen LogP contribution in [0.3, 0.4) is 0 Å². The Labute approximate surface area is 125 Å². The standard InChI is InChI=1S/C16H30O3Si/c1-7-10-14(19-20(5,6)16(2,3)4)13-18-15-11-8-9-12-17-15/h1,14-15H,8-13H2,2-6H3/t14-,15?/m0/s1. The normalized spacial score (nSPS) is 22.3. The van der Waals surface area contributed by atoms with Gasteiger partial charge in [0.25, 0.3) is 0 Å². The minimum atomic E-state index is -1.81. The first-order valence-corrected chi connectivity index (χ1v) is 10.5. The summed E-state index contributed by atoms with van der Waals surface area (Å²) >= 11 is 0. The Morgan fingerprint density at radius 3 is 2.55 bits per heavy atom. The Bertz CT molecular complexity index is 322. The third kappa shape index (κ3) is 5.57. The first kappa shape index (κ1) is 17.7. The zero-order chi connectivity index (χ0) is 15.2. The predicted molar refractivity (Wildman–Crippen MR) is 85.1 cm³/mol. The first-order chi connectivity index (χ1) is 9.26. The van der Waals surface area contributed by atoms with E-state index in [0.29, 0.717) is 13.0 Å². The van der Waals surface area contributed by atoms with E-state index in [2.05, 4.69) is 39.8 Å². The van der Waals surface area contributed by atoms with Crippen LogP contribution in [0.4, 0.5) is 0 Å². The molecule has 0 aromatic heterocycles. The first-order valence-electron chi connectivity index (χ1n) is 7.61. The van der Waals surface area contributed by atoms with E-state index >= 15 is 0 Å². The van der Waals surface area contributed by atoms with E-state index in [1.807, 2.05) is 0 Å². The third-order valence-electron chi connectivity index (χ3n) is 4.22. The number of rotatable bonds is 6. The van der Waals surface area contributed by atoms with Gasteiger partial charge < -0.3 is 13.9 Å². The van der Waals surface area contributed by atoms with Crippen LogP contribution in [0, 0.1) is 12.3 Å². The minimum Gasteiger partial charge on any atom is -0.411 e. The van der Waals surface area contributed by atoms with Gasteiger partial charge in [-0.2, -0.15) is 0 Å². The van der Waals surface area contributed by atoms with E-state index < -0.39 is 8.32 Å². The highest BCUT2D eigenvalue weighted by Gasteiger charge is 2.39. The Kier molecular flexibility index (Phi) is 6.73. The molecule has 0 N–H and O–H groups in total. The number of terminal acetylenes is 1. The molecule has 0 aromatic rings. The van der Waals surface area contributed by atoms with Gasteiger partial charge in [-0.15, -0.1) is 12.3 Å². The lowest BCUT2D eigenvalue weighted by molar-refractivity contribution is -0.173. The molecule has 1 aliphatic heterocycles. The molecular weight excluding hydrogens is 268 g/mol. The zero-order valence-electron chi connectivity index (χ0n) is 13.7. The van der Waals surface area contributed by atoms with Crippen molar-refractivity contribution in [3.63, 3.8) is 0 Å². The maximum Gasteiger partial charge on any atom is 0.192 e. The van der Waals surface area contributed by atoms with Crippen molar-refractivity contribution in [1.82, 2.24) is 0 Å². The van der Waals surface area contributed by atoms with Crippen molar-refractivity contribution in [3.8, 4) is 12.3 Å². The van der Waals surface area contributed by atoms with Crippen molar-refractivity contribution in [2.45, 2.75) is 77.0 Å². The molecule has 0 aliphatic carbocycles. The van der Waals surface area contributed by atoms with Crippen molar-refractivity contribution in [2.75, 3.05) is 13.2 Å². The van der Waals surface area contributed by atoms with Crippen LogP contribution in [0.15, 0.2) is 0 Å². The smallest absolute Gasteiger partial charge is 0.192 e. The van der Waals surface area contributed by atoms with Gasteiger partial charge in [0.05, 0.1) is 12.7 Å². The molecule has 116 valence electrons. The molecule has 1 rings (SSSR count). The Hall–Kier alpha value is -0.343. The summed E-state index contributed by atoms with van der Waals surface area (Å²) in [6.07, 6.45) is 9.24. The van der Waals surface area contributed by atoms with Gasteiger partial charge >= 0.3 is 0 Å². The van der Waals surface area contributed by atoms with E-state index in [-0.39, 0.29) is 17.4 Å². The van der Waals surface area contributed by atoms with Gasteiger partial charge in [-0.1, -0.05) is 20.8 Å². The van der Waals surface area contributed by atoms with E-state index in [4.69, 9.17) is 20.3 Å². The molecule has 4 heteroatoms. The summed E-state index contributed by atoms with van der Waals surface area (Å²) in [6.45, 7) is 12.5. The molecule has 0 bridgehead atoms. The summed E-state index contributed by atoms with van der Waals surface area (Å²) in [4.78, 5) is 0. The van der Waals surface area contributed by atoms with Gasteiger partial charge in [0.15, 0.2) is 14.6 Å². The Morgan fingerprint density at radius 2 is 2.05 bits per heavy atom. The van der Waals surface area contributed by atoms with Crippen molar-refractivity contribution >= 4 is 8.32 Å². The molecular formula is C16H30O3Si. The molecule has 0 radical (unpaired) electrons. The maximum atomic E-state index is 6.35. The van der Waals surface area contributed by atoms with Crippen molar-refractivity contribution < 1.29 is 13.9 Å². The molecule has 1 unspecified atom stereocenters. The molecule has 20 heavy (non-hydrogen) atoms. The van der Waals surface area contributed by atoms with Crippen LogP contribution in [-0.2, 0) is 13.9 Å². The Balaban J connectivity index is 2.49. The number of hydrogen-bond acceptors (Lipinski definition) is 3. The van der Waals surface area contributed by atoms with Crippen LogP contribution >= 0.6 is 0 Å². The average Bonchev–Trinajstić information content (AvgIpc) is 2.36. The lowest BCUT2D eigenvalue weighted by atomic mass is 10.2. The fourth-order valence-electron chi connectivity index (χ4n) is 1.92. The van der Waals surface area contributed by atoms with Gasteiger partial charge in [0.2, 0.25) is 0 Å². The van der Waals surface area contributed by atoms with Crippen LogP contribution in [-0.4, -0.2) is 33.9 Å². The fraction of sp³-hybridized carbons (Fsp3) is 0.875. The highest BCUT2D eigenvalue weighted by molar-refractivity contribution is 6.74. The van der Waals surface area contributed by atoms with E-state index in [1.165, 1.54) is 6.42 Å². The molecule has 1 saturated heterocycles. The van der Waals surface area contributed by atoms with Gasteiger partial charge in [-0.3, -0.25) is 0 Å². The number of hydrogen-bond donors (Lipinski definition) is 0. The lowest BCUT2D eigenvalue weighted by Crippen LogP contribution is -2.45. The summed E-state index contributed by atoms with van der Waals surface area (Å²) in [5.41, 5.74) is 0. The third-order valence-corrected chi connectivity index (χ3v) is 8.75. The summed E-state index contributed by atoms with van der Waals surface area (Å²) < 4.78 is 17.8. The average molecular weight is 298 g/mol. The van der Waals surface area contributed by atoms with Gasteiger partial charge in [-0.05, 0) is 37.4 Å². The van der Waals surface area contributed by atoms with Crippen molar-refractivity contribution in [2.24, 2.45) is 0 Å². The predicted octanol–water partition coefficient (Wildman–Crippen LogP) is 3.94. The zero-order valence-corrected chi connectivity index (χ0v) is 14.7. The second-order valence-electron chi connectivity index (χ2n) is 7.04. The van der Waals surface area contributed by atoms with Gasteiger partial charge in [-0.25, -0.2) is 0 Å². The summed E-state index contributed by atoms with van der Waals surface area (Å²) in [5.74, 6) is 2.71.